The summed E-state index contributed by atoms with van der Waals surface area (Å²) in [6, 6.07) is 31.1. The van der Waals surface area contributed by atoms with Gasteiger partial charge in [0.05, 0.1) is 5.69 Å². The van der Waals surface area contributed by atoms with Crippen LogP contribution in [0.4, 0.5) is 0 Å². The molecule has 0 aliphatic heterocycles. The Morgan fingerprint density at radius 2 is 1.45 bits per heavy atom. The molecule has 0 aliphatic carbocycles. The number of unbranched alkanes of at least 4 members (excludes halogenated alkanes) is 1. The van der Waals surface area contributed by atoms with Gasteiger partial charge in [-0.3, -0.25) is 4.57 Å². The van der Waals surface area contributed by atoms with E-state index in [1.807, 2.05) is 12.3 Å². The molecule has 3 nitrogen and oxygen atoms in total. The maximum absolute atomic E-state index is 4.70. The largest absolute Gasteiger partial charge is 0.340 e. The minimum atomic E-state index is 0.695. The highest BCUT2D eigenvalue weighted by molar-refractivity contribution is 6.09. The van der Waals surface area contributed by atoms with Crippen molar-refractivity contribution in [3.8, 4) is 28.2 Å². The number of hydrogen-bond acceptors (Lipinski definition) is 1. The second-order valence-electron chi connectivity index (χ2n) is 11.2. The van der Waals surface area contributed by atoms with E-state index in [-0.39, 0.29) is 0 Å². The van der Waals surface area contributed by atoms with Crippen molar-refractivity contribution in [2.75, 3.05) is 0 Å². The van der Waals surface area contributed by atoms with Crippen molar-refractivity contribution in [3.63, 3.8) is 0 Å². The van der Waals surface area contributed by atoms with Gasteiger partial charge in [0.1, 0.15) is 5.82 Å². The van der Waals surface area contributed by atoms with Crippen LogP contribution in [0.25, 0.3) is 50.0 Å². The molecule has 6 aromatic rings. The molecule has 0 saturated carbocycles. The number of benzene rings is 4. The second-order valence-corrected chi connectivity index (χ2v) is 11.2. The van der Waals surface area contributed by atoms with Crippen LogP contribution in [0, 0.1) is 19.8 Å². The van der Waals surface area contributed by atoms with Crippen molar-refractivity contribution >= 4 is 21.8 Å². The van der Waals surface area contributed by atoms with Gasteiger partial charge >= 0.3 is 0 Å². The van der Waals surface area contributed by atoms with Gasteiger partial charge in [-0.15, -0.1) is 0 Å². The molecule has 0 spiro atoms. The minimum Gasteiger partial charge on any atom is -0.340 e. The summed E-state index contributed by atoms with van der Waals surface area (Å²) in [7, 11) is 0. The highest BCUT2D eigenvalue weighted by Gasteiger charge is 2.17. The lowest BCUT2D eigenvalue weighted by molar-refractivity contribution is 0.401. The van der Waals surface area contributed by atoms with E-state index >= 15 is 0 Å². The minimum absolute atomic E-state index is 0.695. The maximum atomic E-state index is 4.70. The third-order valence-electron chi connectivity index (χ3n) is 8.50. The van der Waals surface area contributed by atoms with Crippen molar-refractivity contribution in [2.24, 2.45) is 5.92 Å². The van der Waals surface area contributed by atoms with Gasteiger partial charge in [0.25, 0.3) is 0 Å². The van der Waals surface area contributed by atoms with Gasteiger partial charge in [0.15, 0.2) is 0 Å². The van der Waals surface area contributed by atoms with Gasteiger partial charge in [0.2, 0.25) is 0 Å². The standard InChI is InChI=1S/C37H39N3/c1-5-7-13-28(6-2)25-40-34-17-12-11-16-32(34)33-19-18-30(24-35(33)40)31-22-26(3)36(27(4)23-31)39-21-20-38-37(39)29-14-9-8-10-15-29/h8-12,14-24,28H,5-7,13,25H2,1-4H3. The molecule has 2 aromatic heterocycles. The summed E-state index contributed by atoms with van der Waals surface area (Å²) in [4.78, 5) is 4.70. The van der Waals surface area contributed by atoms with Crippen molar-refractivity contribution in [1.82, 2.24) is 14.1 Å². The second kappa shape index (κ2) is 11.2. The van der Waals surface area contributed by atoms with Crippen LogP contribution in [-0.4, -0.2) is 14.1 Å². The Bertz CT molecular complexity index is 1750. The Hall–Kier alpha value is -4.11. The monoisotopic (exact) mass is 525 g/mol. The maximum Gasteiger partial charge on any atom is 0.144 e. The van der Waals surface area contributed by atoms with Crippen LogP contribution in [0.5, 0.6) is 0 Å². The van der Waals surface area contributed by atoms with Crippen molar-refractivity contribution in [2.45, 2.75) is 59.9 Å². The normalized spacial score (nSPS) is 12.4. The van der Waals surface area contributed by atoms with Crippen LogP contribution < -0.4 is 0 Å². The molecule has 0 radical (unpaired) electrons. The number of imidazole rings is 1. The van der Waals surface area contributed by atoms with Gasteiger partial charge in [0, 0.05) is 46.3 Å². The third-order valence-corrected chi connectivity index (χ3v) is 8.50. The van der Waals surface area contributed by atoms with E-state index in [4.69, 9.17) is 4.98 Å². The predicted molar refractivity (Wildman–Crippen MR) is 170 cm³/mol. The third kappa shape index (κ3) is 4.75. The molecule has 0 amide bonds. The number of aromatic nitrogens is 3. The summed E-state index contributed by atoms with van der Waals surface area (Å²) in [6.07, 6.45) is 9.03. The summed E-state index contributed by atoms with van der Waals surface area (Å²) in [5.41, 5.74) is 10.0. The van der Waals surface area contributed by atoms with E-state index in [2.05, 4.69) is 122 Å². The van der Waals surface area contributed by atoms with Crippen LogP contribution in [0.1, 0.15) is 50.7 Å². The number of nitrogens with zero attached hydrogens (tertiary/aromatic N) is 3. The summed E-state index contributed by atoms with van der Waals surface area (Å²) in [5.74, 6) is 1.67. The number of aryl methyl sites for hydroxylation is 2. The average molecular weight is 526 g/mol. The summed E-state index contributed by atoms with van der Waals surface area (Å²) >= 11 is 0. The fourth-order valence-electron chi connectivity index (χ4n) is 6.39. The van der Waals surface area contributed by atoms with Gasteiger partial charge in [-0.05, 0) is 72.7 Å². The van der Waals surface area contributed by atoms with E-state index in [1.54, 1.807) is 0 Å². The van der Waals surface area contributed by atoms with Gasteiger partial charge in [-0.25, -0.2) is 4.98 Å². The summed E-state index contributed by atoms with van der Waals surface area (Å²) in [6.45, 7) is 10.1. The van der Waals surface area contributed by atoms with Crippen molar-refractivity contribution in [3.05, 3.63) is 108 Å². The van der Waals surface area contributed by atoms with Gasteiger partial charge in [-0.1, -0.05) is 93.8 Å². The fourth-order valence-corrected chi connectivity index (χ4v) is 6.39. The molecule has 1 atom stereocenters. The number of fused-ring (bicyclic) bond motifs is 3. The molecule has 6 rings (SSSR count). The molecule has 3 heteroatoms. The molecule has 4 aromatic carbocycles. The molecule has 202 valence electrons. The topological polar surface area (TPSA) is 22.8 Å². The Kier molecular flexibility index (Phi) is 7.30. The highest BCUT2D eigenvalue weighted by atomic mass is 15.1. The van der Waals surface area contributed by atoms with Crippen molar-refractivity contribution < 1.29 is 0 Å². The molecule has 0 fully saturated rings. The zero-order chi connectivity index (χ0) is 27.6. The van der Waals surface area contributed by atoms with Gasteiger partial charge < -0.3 is 4.57 Å². The van der Waals surface area contributed by atoms with Crippen LogP contribution in [0.3, 0.4) is 0 Å². The fraction of sp³-hybridized carbons (Fsp3) is 0.270. The van der Waals surface area contributed by atoms with E-state index < -0.39 is 0 Å². The number of para-hydroxylation sites is 1. The summed E-state index contributed by atoms with van der Waals surface area (Å²) < 4.78 is 4.82. The van der Waals surface area contributed by atoms with Gasteiger partial charge in [-0.2, -0.15) is 0 Å². The molecule has 0 saturated heterocycles. The van der Waals surface area contributed by atoms with E-state index in [9.17, 15) is 0 Å². The number of hydrogen-bond donors (Lipinski definition) is 0. The highest BCUT2D eigenvalue weighted by Crippen LogP contribution is 2.36. The molecule has 0 N–H and O–H groups in total. The predicted octanol–water partition coefficient (Wildman–Crippen LogP) is 10.1. The average Bonchev–Trinajstić information content (AvgIpc) is 3.58. The molecule has 0 bridgehead atoms. The van der Waals surface area contributed by atoms with E-state index in [0.29, 0.717) is 5.92 Å². The molecule has 1 unspecified atom stereocenters. The lowest BCUT2D eigenvalue weighted by atomic mass is 9.97. The SMILES string of the molecule is CCCCC(CC)Cn1c2ccccc2c2ccc(-c3cc(C)c(-n4ccnc4-c4ccccc4)c(C)c3)cc21. The first kappa shape index (κ1) is 26.1. The first-order valence-corrected chi connectivity index (χ1v) is 14.8. The van der Waals surface area contributed by atoms with Crippen LogP contribution in [-0.2, 0) is 6.54 Å². The smallest absolute Gasteiger partial charge is 0.144 e. The quantitative estimate of drug-likeness (QED) is 0.184. The Morgan fingerprint density at radius 1 is 0.725 bits per heavy atom. The zero-order valence-electron chi connectivity index (χ0n) is 24.2. The molecular weight excluding hydrogens is 486 g/mol. The first-order valence-electron chi connectivity index (χ1n) is 14.8. The van der Waals surface area contributed by atoms with E-state index in [0.717, 1.165) is 17.9 Å². The van der Waals surface area contributed by atoms with Crippen LogP contribution in [0.2, 0.25) is 0 Å². The number of rotatable bonds is 9. The molecule has 40 heavy (non-hydrogen) atoms. The van der Waals surface area contributed by atoms with Crippen LogP contribution >= 0.6 is 0 Å². The van der Waals surface area contributed by atoms with Crippen LogP contribution in [0.15, 0.2) is 97.3 Å². The Balaban J connectivity index is 1.44. The molecule has 0 aliphatic rings. The lowest BCUT2D eigenvalue weighted by Gasteiger charge is -2.18. The Labute approximate surface area is 238 Å². The zero-order valence-corrected chi connectivity index (χ0v) is 24.2. The first-order chi connectivity index (χ1) is 19.6. The lowest BCUT2D eigenvalue weighted by Crippen LogP contribution is -2.10. The molecule has 2 heterocycles. The Morgan fingerprint density at radius 3 is 2.20 bits per heavy atom. The summed E-state index contributed by atoms with van der Waals surface area (Å²) in [5, 5.41) is 2.70. The van der Waals surface area contributed by atoms with E-state index in [1.165, 1.54) is 75.4 Å². The molecular formula is C37H39N3. The van der Waals surface area contributed by atoms with Crippen molar-refractivity contribution in [1.29, 1.82) is 0 Å².